The van der Waals surface area contributed by atoms with Crippen molar-refractivity contribution in [3.05, 3.63) is 0 Å². The molecule has 103 heavy (non-hydrogen) atoms. The van der Waals surface area contributed by atoms with Crippen LogP contribution in [-0.2, 0) is 65.4 Å². The summed E-state index contributed by atoms with van der Waals surface area (Å²) in [7, 11) is -9.91. The molecule has 17 nitrogen and oxygen atoms in total. The Balaban J connectivity index is 5.13. The highest BCUT2D eigenvalue weighted by Crippen LogP contribution is 2.45. The van der Waals surface area contributed by atoms with Crippen LogP contribution in [0.4, 0.5) is 0 Å². The molecule has 0 heterocycles. The van der Waals surface area contributed by atoms with E-state index < -0.39 is 97.5 Å². The van der Waals surface area contributed by atoms with Gasteiger partial charge in [-0.2, -0.15) is 0 Å². The maximum Gasteiger partial charge on any atom is 0.472 e. The Hall–Kier alpha value is -1.94. The van der Waals surface area contributed by atoms with E-state index in [1.165, 1.54) is 263 Å². The zero-order chi connectivity index (χ0) is 75.5. The third kappa shape index (κ3) is 76.6. The van der Waals surface area contributed by atoms with Crippen molar-refractivity contribution >= 4 is 39.5 Å². The van der Waals surface area contributed by atoms with Gasteiger partial charge in [-0.15, -0.1) is 0 Å². The smallest absolute Gasteiger partial charge is 0.462 e. The van der Waals surface area contributed by atoms with Crippen molar-refractivity contribution in [2.45, 2.75) is 470 Å². The van der Waals surface area contributed by atoms with Gasteiger partial charge in [0.15, 0.2) is 12.2 Å². The SMILES string of the molecule is CCCCCCCCCCCCCCCCCCCCCCCCC(=O)OC[C@H](COP(=O)(O)OC[C@@H](O)COP(=O)(O)OC[C@@H](COC(=O)CCCCCCCCC)OC(=O)CCCCCCCCCCCCCC)OC(=O)CCCCCCCCCCCCCCCCCCCCC(C)CC. The molecule has 0 bridgehead atoms. The summed E-state index contributed by atoms with van der Waals surface area (Å²) in [5.41, 5.74) is 0. The lowest BCUT2D eigenvalue weighted by Gasteiger charge is -2.21. The molecule has 3 N–H and O–H groups in total. The zero-order valence-electron chi connectivity index (χ0n) is 67.5. The fraction of sp³-hybridized carbons (Fsp3) is 0.952. The number of hydrogen-bond acceptors (Lipinski definition) is 15. The van der Waals surface area contributed by atoms with Crippen molar-refractivity contribution in [2.24, 2.45) is 5.92 Å². The van der Waals surface area contributed by atoms with Crippen LogP contribution in [-0.4, -0.2) is 96.7 Å². The molecule has 0 spiro atoms. The second kappa shape index (κ2) is 76.8. The van der Waals surface area contributed by atoms with Gasteiger partial charge in [0, 0.05) is 25.7 Å². The Kier molecular flexibility index (Phi) is 75.4. The van der Waals surface area contributed by atoms with Crippen LogP contribution in [0.25, 0.3) is 0 Å². The lowest BCUT2D eigenvalue weighted by atomic mass is 9.99. The first kappa shape index (κ1) is 101. The van der Waals surface area contributed by atoms with Gasteiger partial charge in [-0.3, -0.25) is 37.3 Å². The first-order valence-corrected chi connectivity index (χ1v) is 46.7. The van der Waals surface area contributed by atoms with Crippen molar-refractivity contribution in [1.82, 2.24) is 0 Å². The third-order valence-corrected chi connectivity index (χ3v) is 22.0. The number of unbranched alkanes of at least 4 members (excludes halogenated alkanes) is 55. The van der Waals surface area contributed by atoms with Crippen LogP contribution in [0.15, 0.2) is 0 Å². The minimum absolute atomic E-state index is 0.107. The van der Waals surface area contributed by atoms with Gasteiger partial charge in [0.05, 0.1) is 26.4 Å². The molecule has 0 aromatic rings. The average molecular weight is 1510 g/mol. The molecule has 0 aromatic heterocycles. The van der Waals surface area contributed by atoms with Crippen LogP contribution >= 0.6 is 15.6 Å². The molecule has 6 atom stereocenters. The van der Waals surface area contributed by atoms with Crippen molar-refractivity contribution in [3.8, 4) is 0 Å². The predicted molar refractivity (Wildman–Crippen MR) is 423 cm³/mol. The van der Waals surface area contributed by atoms with Gasteiger partial charge in [0.1, 0.15) is 19.3 Å². The molecule has 0 aromatic carbocycles. The predicted octanol–water partition coefficient (Wildman–Crippen LogP) is 25.6. The van der Waals surface area contributed by atoms with E-state index in [1.807, 2.05) is 0 Å². The molecule has 19 heteroatoms. The number of aliphatic hydroxyl groups excluding tert-OH is 1. The first-order chi connectivity index (χ1) is 50.1. The second-order valence-electron chi connectivity index (χ2n) is 30.5. The number of ether oxygens (including phenoxy) is 4. The highest BCUT2D eigenvalue weighted by atomic mass is 31.2. The van der Waals surface area contributed by atoms with Crippen molar-refractivity contribution in [3.63, 3.8) is 0 Å². The summed E-state index contributed by atoms with van der Waals surface area (Å²) >= 11 is 0. The molecule has 0 aliphatic rings. The van der Waals surface area contributed by atoms with E-state index in [2.05, 4.69) is 34.6 Å². The Labute approximate surface area is 632 Å². The molecule has 612 valence electrons. The van der Waals surface area contributed by atoms with Gasteiger partial charge in [0.25, 0.3) is 0 Å². The highest BCUT2D eigenvalue weighted by molar-refractivity contribution is 7.47. The van der Waals surface area contributed by atoms with E-state index >= 15 is 0 Å². The largest absolute Gasteiger partial charge is 0.472 e. The summed E-state index contributed by atoms with van der Waals surface area (Å²) in [6.45, 7) is 7.36. The van der Waals surface area contributed by atoms with Crippen LogP contribution in [0.5, 0.6) is 0 Å². The Morgan fingerprint density at radius 1 is 0.272 bits per heavy atom. The normalized spacial score (nSPS) is 14.1. The number of carbonyl (C=O) groups excluding carboxylic acids is 4. The summed E-state index contributed by atoms with van der Waals surface area (Å²) in [6, 6.07) is 0. The summed E-state index contributed by atoms with van der Waals surface area (Å²) in [5.74, 6) is -1.24. The maximum atomic E-state index is 13.1. The lowest BCUT2D eigenvalue weighted by molar-refractivity contribution is -0.161. The van der Waals surface area contributed by atoms with Crippen molar-refractivity contribution in [2.75, 3.05) is 39.6 Å². The minimum atomic E-state index is -4.96. The third-order valence-electron chi connectivity index (χ3n) is 20.1. The molecule has 0 radical (unpaired) electrons. The highest BCUT2D eigenvalue weighted by Gasteiger charge is 2.30. The van der Waals surface area contributed by atoms with E-state index in [-0.39, 0.29) is 25.7 Å². The van der Waals surface area contributed by atoms with E-state index in [1.54, 1.807) is 0 Å². The molecule has 0 saturated heterocycles. The fourth-order valence-corrected chi connectivity index (χ4v) is 14.7. The Bertz CT molecular complexity index is 1960. The molecule has 0 aliphatic heterocycles. The Morgan fingerprint density at radius 2 is 0.466 bits per heavy atom. The quantitative estimate of drug-likeness (QED) is 0.0222. The standard InChI is InChI=1S/C84H164O17P2/c1-6-10-13-16-19-21-23-25-26-27-28-29-30-31-35-38-41-45-48-53-58-63-68-82(87)95-74-80(101-84(89)70-65-60-55-50-46-42-39-36-33-32-34-37-40-43-47-52-56-61-66-77(5)9-4)76-99-103(92,93)97-72-78(85)71-96-102(90,91)98-75-79(73-94-81(86)67-62-57-51-18-15-12-8-3)100-83(88)69-64-59-54-49-44-24-22-20-17-14-11-7-2/h77-80,85H,6-76H2,1-5H3,(H,90,91)(H,92,93)/t77?,78-,79+,80+/m0/s1. The number of phosphoric ester groups is 2. The monoisotopic (exact) mass is 1510 g/mol. The topological polar surface area (TPSA) is 237 Å². The average Bonchev–Trinajstić information content (AvgIpc) is 0.915. The van der Waals surface area contributed by atoms with Gasteiger partial charge in [-0.1, -0.05) is 401 Å². The van der Waals surface area contributed by atoms with Gasteiger partial charge in [-0.05, 0) is 31.6 Å². The van der Waals surface area contributed by atoms with Gasteiger partial charge in [-0.25, -0.2) is 9.13 Å². The first-order valence-electron chi connectivity index (χ1n) is 43.7. The van der Waals surface area contributed by atoms with Crippen LogP contribution in [0.1, 0.15) is 452 Å². The molecule has 0 rings (SSSR count). The van der Waals surface area contributed by atoms with E-state index in [0.717, 1.165) is 109 Å². The van der Waals surface area contributed by atoms with Gasteiger partial charge >= 0.3 is 39.5 Å². The molecule has 0 saturated carbocycles. The van der Waals surface area contributed by atoms with Gasteiger partial charge in [0.2, 0.25) is 0 Å². The lowest BCUT2D eigenvalue weighted by Crippen LogP contribution is -2.30. The number of aliphatic hydroxyl groups is 1. The molecule has 0 aliphatic carbocycles. The number of hydrogen-bond donors (Lipinski definition) is 3. The number of rotatable bonds is 84. The number of carbonyl (C=O) groups is 4. The molecule has 0 amide bonds. The number of esters is 4. The molecule has 0 fully saturated rings. The van der Waals surface area contributed by atoms with Crippen LogP contribution < -0.4 is 0 Å². The van der Waals surface area contributed by atoms with Crippen molar-refractivity contribution in [1.29, 1.82) is 0 Å². The van der Waals surface area contributed by atoms with Crippen LogP contribution in [0.3, 0.4) is 0 Å². The summed E-state index contributed by atoms with van der Waals surface area (Å²) in [5, 5.41) is 10.6. The number of phosphoric acid groups is 2. The van der Waals surface area contributed by atoms with Crippen LogP contribution in [0, 0.1) is 5.92 Å². The second-order valence-corrected chi connectivity index (χ2v) is 33.4. The van der Waals surface area contributed by atoms with E-state index in [9.17, 15) is 43.2 Å². The minimum Gasteiger partial charge on any atom is -0.462 e. The van der Waals surface area contributed by atoms with Crippen molar-refractivity contribution < 1.29 is 80.2 Å². The van der Waals surface area contributed by atoms with E-state index in [0.29, 0.717) is 25.7 Å². The maximum absolute atomic E-state index is 13.1. The molecular weight excluding hydrogens is 1340 g/mol. The summed E-state index contributed by atoms with van der Waals surface area (Å²) in [6.07, 6.45) is 69.7. The van der Waals surface area contributed by atoms with E-state index in [4.69, 9.17) is 37.0 Å². The van der Waals surface area contributed by atoms with Gasteiger partial charge < -0.3 is 33.8 Å². The van der Waals surface area contributed by atoms with Crippen LogP contribution in [0.2, 0.25) is 0 Å². The Morgan fingerprint density at radius 3 is 0.689 bits per heavy atom. The summed E-state index contributed by atoms with van der Waals surface area (Å²) in [4.78, 5) is 72.9. The molecule has 3 unspecified atom stereocenters. The summed E-state index contributed by atoms with van der Waals surface area (Å²) < 4.78 is 68.6. The molecular formula is C84H164O17P2. The zero-order valence-corrected chi connectivity index (χ0v) is 69.3. The fourth-order valence-electron chi connectivity index (χ4n) is 13.1.